The fourth-order valence-electron chi connectivity index (χ4n) is 3.04. The van der Waals surface area contributed by atoms with Crippen molar-refractivity contribution in [1.29, 1.82) is 5.26 Å². The summed E-state index contributed by atoms with van der Waals surface area (Å²) >= 11 is 0. The van der Waals surface area contributed by atoms with E-state index in [4.69, 9.17) is 19.9 Å². The second-order valence-corrected chi connectivity index (χ2v) is 6.10. The van der Waals surface area contributed by atoms with E-state index < -0.39 is 0 Å². The van der Waals surface area contributed by atoms with Gasteiger partial charge in [0.25, 0.3) is 0 Å². The number of H-pyrrole nitrogens is 1. The van der Waals surface area contributed by atoms with E-state index in [0.29, 0.717) is 29.6 Å². The van der Waals surface area contributed by atoms with Gasteiger partial charge in [-0.2, -0.15) is 5.26 Å². The van der Waals surface area contributed by atoms with Crippen molar-refractivity contribution in [1.82, 2.24) is 10.2 Å². The van der Waals surface area contributed by atoms with Crippen molar-refractivity contribution >= 4 is 0 Å². The number of ether oxygens (including phenoxy) is 3. The standard InChI is InChI=1S/C19H22N4O3/c1-4-5-8-25-14-7-6-12(9-15(14)24-3)17-13(10-20)18(21)26-19-16(17)11(2)22-23-19/h6-7,9,17H,4-5,8,21H2,1-3H3,(H,22,23)/t17-/m0/s1. The Hall–Kier alpha value is -3.14. The number of nitriles is 1. The molecule has 1 aliphatic heterocycles. The van der Waals surface area contributed by atoms with Crippen LogP contribution < -0.4 is 19.9 Å². The summed E-state index contributed by atoms with van der Waals surface area (Å²) < 4.78 is 16.8. The van der Waals surface area contributed by atoms with Crippen LogP contribution in [0.15, 0.2) is 29.7 Å². The van der Waals surface area contributed by atoms with Gasteiger partial charge in [-0.05, 0) is 31.0 Å². The van der Waals surface area contributed by atoms with Crippen molar-refractivity contribution in [2.24, 2.45) is 5.73 Å². The van der Waals surface area contributed by atoms with Crippen molar-refractivity contribution in [3.63, 3.8) is 0 Å². The van der Waals surface area contributed by atoms with E-state index in [1.165, 1.54) is 0 Å². The van der Waals surface area contributed by atoms with Crippen LogP contribution in [0.4, 0.5) is 0 Å². The summed E-state index contributed by atoms with van der Waals surface area (Å²) in [5.74, 6) is 1.38. The molecule has 0 bridgehead atoms. The lowest BCUT2D eigenvalue weighted by Gasteiger charge is -2.24. The SMILES string of the molecule is CCCCOc1ccc([C@H]2C(C#N)=C(N)Oc3n[nH]c(C)c32)cc1OC. The highest BCUT2D eigenvalue weighted by molar-refractivity contribution is 5.57. The maximum absolute atomic E-state index is 9.62. The van der Waals surface area contributed by atoms with Crippen LogP contribution in [-0.2, 0) is 0 Å². The molecule has 26 heavy (non-hydrogen) atoms. The van der Waals surface area contributed by atoms with E-state index in [0.717, 1.165) is 29.7 Å². The smallest absolute Gasteiger partial charge is 0.244 e. The zero-order chi connectivity index (χ0) is 18.7. The van der Waals surface area contributed by atoms with E-state index in [-0.39, 0.29) is 11.8 Å². The Labute approximate surface area is 152 Å². The van der Waals surface area contributed by atoms with Gasteiger partial charge in [-0.15, -0.1) is 5.10 Å². The van der Waals surface area contributed by atoms with E-state index in [1.807, 2.05) is 25.1 Å². The van der Waals surface area contributed by atoms with Gasteiger partial charge in [0.15, 0.2) is 11.5 Å². The number of nitrogens with two attached hydrogens (primary N) is 1. The largest absolute Gasteiger partial charge is 0.493 e. The summed E-state index contributed by atoms with van der Waals surface area (Å²) in [7, 11) is 1.60. The first-order chi connectivity index (χ1) is 12.6. The molecular formula is C19H22N4O3. The number of fused-ring (bicyclic) bond motifs is 1. The Morgan fingerprint density at radius 3 is 2.88 bits per heavy atom. The molecule has 1 aliphatic rings. The molecule has 0 fully saturated rings. The molecule has 1 atom stereocenters. The maximum Gasteiger partial charge on any atom is 0.244 e. The second-order valence-electron chi connectivity index (χ2n) is 6.10. The van der Waals surface area contributed by atoms with Gasteiger partial charge in [-0.1, -0.05) is 19.4 Å². The highest BCUT2D eigenvalue weighted by Crippen LogP contribution is 2.44. The van der Waals surface area contributed by atoms with Crippen molar-refractivity contribution in [2.45, 2.75) is 32.6 Å². The molecule has 0 spiro atoms. The number of methoxy groups -OCH3 is 1. The number of hydrogen-bond donors (Lipinski definition) is 2. The van der Waals surface area contributed by atoms with Crippen molar-refractivity contribution in [3.05, 3.63) is 46.5 Å². The summed E-state index contributed by atoms with van der Waals surface area (Å²) in [6, 6.07) is 7.82. The van der Waals surface area contributed by atoms with Gasteiger partial charge in [-0.3, -0.25) is 5.10 Å². The highest BCUT2D eigenvalue weighted by Gasteiger charge is 2.34. The zero-order valence-corrected chi connectivity index (χ0v) is 15.1. The number of benzene rings is 1. The van der Waals surface area contributed by atoms with Crippen LogP contribution in [-0.4, -0.2) is 23.9 Å². The van der Waals surface area contributed by atoms with Crippen LogP contribution in [0.3, 0.4) is 0 Å². The molecule has 1 aromatic carbocycles. The highest BCUT2D eigenvalue weighted by atomic mass is 16.5. The summed E-state index contributed by atoms with van der Waals surface area (Å²) in [6.45, 7) is 4.63. The lowest BCUT2D eigenvalue weighted by Crippen LogP contribution is -2.21. The molecule has 7 nitrogen and oxygen atoms in total. The second kappa shape index (κ2) is 7.40. The molecule has 2 aromatic rings. The van der Waals surface area contributed by atoms with E-state index in [2.05, 4.69) is 23.2 Å². The van der Waals surface area contributed by atoms with Crippen LogP contribution in [0.1, 0.15) is 42.5 Å². The summed E-state index contributed by atoms with van der Waals surface area (Å²) in [6.07, 6.45) is 2.03. The number of nitrogens with zero attached hydrogens (tertiary/aromatic N) is 2. The molecule has 3 N–H and O–H groups in total. The summed E-state index contributed by atoms with van der Waals surface area (Å²) in [4.78, 5) is 0. The van der Waals surface area contributed by atoms with Gasteiger partial charge in [0.1, 0.15) is 11.6 Å². The normalized spacial score (nSPS) is 15.8. The first-order valence-corrected chi connectivity index (χ1v) is 8.53. The van der Waals surface area contributed by atoms with E-state index >= 15 is 0 Å². The van der Waals surface area contributed by atoms with Gasteiger partial charge in [-0.25, -0.2) is 0 Å². The number of aryl methyl sites for hydroxylation is 1. The van der Waals surface area contributed by atoms with Gasteiger partial charge in [0.05, 0.1) is 19.6 Å². The Balaban J connectivity index is 2.04. The molecule has 2 heterocycles. The van der Waals surface area contributed by atoms with Crippen molar-refractivity contribution in [2.75, 3.05) is 13.7 Å². The Morgan fingerprint density at radius 1 is 1.38 bits per heavy atom. The number of aromatic nitrogens is 2. The molecule has 0 aliphatic carbocycles. The van der Waals surface area contributed by atoms with Crippen molar-refractivity contribution < 1.29 is 14.2 Å². The fraction of sp³-hybridized carbons (Fsp3) is 0.368. The molecule has 0 radical (unpaired) electrons. The zero-order valence-electron chi connectivity index (χ0n) is 15.1. The first kappa shape index (κ1) is 17.7. The number of rotatable bonds is 6. The number of unbranched alkanes of at least 4 members (excludes halogenated alkanes) is 1. The molecule has 0 unspecified atom stereocenters. The van der Waals surface area contributed by atoms with Crippen LogP contribution in [0.5, 0.6) is 17.4 Å². The molecule has 1 aromatic heterocycles. The number of aromatic amines is 1. The molecule has 3 rings (SSSR count). The Kier molecular flexibility index (Phi) is 5.03. The monoisotopic (exact) mass is 354 g/mol. The fourth-order valence-corrected chi connectivity index (χ4v) is 3.04. The molecule has 0 saturated carbocycles. The predicted octanol–water partition coefficient (Wildman–Crippen LogP) is 3.12. The Morgan fingerprint density at radius 2 is 2.19 bits per heavy atom. The number of allylic oxidation sites excluding steroid dienone is 1. The van der Waals surface area contributed by atoms with Gasteiger partial charge in [0, 0.05) is 11.3 Å². The molecule has 0 amide bonds. The van der Waals surface area contributed by atoms with Crippen molar-refractivity contribution in [3.8, 4) is 23.4 Å². The van der Waals surface area contributed by atoms with Crippen LogP contribution in [0.2, 0.25) is 0 Å². The van der Waals surface area contributed by atoms with Gasteiger partial charge < -0.3 is 19.9 Å². The van der Waals surface area contributed by atoms with Crippen LogP contribution in [0.25, 0.3) is 0 Å². The third kappa shape index (κ3) is 3.06. The molecule has 136 valence electrons. The molecule has 7 heteroatoms. The van der Waals surface area contributed by atoms with Gasteiger partial charge in [0.2, 0.25) is 11.8 Å². The van der Waals surface area contributed by atoms with Crippen LogP contribution >= 0.6 is 0 Å². The number of hydrogen-bond acceptors (Lipinski definition) is 6. The topological polar surface area (TPSA) is 106 Å². The predicted molar refractivity (Wildman–Crippen MR) is 96.0 cm³/mol. The van der Waals surface area contributed by atoms with E-state index in [1.54, 1.807) is 7.11 Å². The third-order valence-corrected chi connectivity index (χ3v) is 4.41. The van der Waals surface area contributed by atoms with Crippen LogP contribution in [0, 0.1) is 18.3 Å². The van der Waals surface area contributed by atoms with E-state index in [9.17, 15) is 5.26 Å². The maximum atomic E-state index is 9.62. The molecule has 0 saturated heterocycles. The third-order valence-electron chi connectivity index (χ3n) is 4.41. The minimum Gasteiger partial charge on any atom is -0.493 e. The first-order valence-electron chi connectivity index (χ1n) is 8.53. The lowest BCUT2D eigenvalue weighted by molar-refractivity contribution is 0.288. The average molecular weight is 354 g/mol. The summed E-state index contributed by atoms with van der Waals surface area (Å²) in [5, 5.41) is 16.6. The quantitative estimate of drug-likeness (QED) is 0.772. The number of nitrogens with one attached hydrogen (secondary N) is 1. The summed E-state index contributed by atoms with van der Waals surface area (Å²) in [5.41, 5.74) is 8.79. The Bertz CT molecular complexity index is 879. The lowest BCUT2D eigenvalue weighted by atomic mass is 9.84. The van der Waals surface area contributed by atoms with Gasteiger partial charge >= 0.3 is 0 Å². The minimum atomic E-state index is -0.374. The average Bonchev–Trinajstić information content (AvgIpc) is 3.01. The minimum absolute atomic E-state index is 0.0683. The molecular weight excluding hydrogens is 332 g/mol.